The molecule has 0 bridgehead atoms. The van der Waals surface area contributed by atoms with Crippen LogP contribution in [-0.2, 0) is 23.7 Å². The van der Waals surface area contributed by atoms with Gasteiger partial charge in [-0.15, -0.1) is 0 Å². The smallest absolute Gasteiger partial charge is 0.327 e. The minimum absolute atomic E-state index is 0.00356. The van der Waals surface area contributed by atoms with E-state index >= 15 is 0 Å². The highest BCUT2D eigenvalue weighted by molar-refractivity contribution is 5.79. The van der Waals surface area contributed by atoms with E-state index in [0.717, 1.165) is 64.1 Å². The molecule has 9 atom stereocenters. The first-order valence-electron chi connectivity index (χ1n) is 16.0. The van der Waals surface area contributed by atoms with Crippen LogP contribution in [-0.4, -0.2) is 60.3 Å². The molecule has 0 aromatic heterocycles. The highest BCUT2D eigenvalue weighted by Crippen LogP contribution is 2.41. The van der Waals surface area contributed by atoms with Crippen LogP contribution in [0.2, 0.25) is 0 Å². The molecule has 0 radical (unpaired) electrons. The van der Waals surface area contributed by atoms with Gasteiger partial charge >= 0.3 is 5.97 Å². The van der Waals surface area contributed by atoms with Crippen molar-refractivity contribution in [1.82, 2.24) is 0 Å². The monoisotopic (exact) mass is 560 g/mol. The number of ether oxygens (including phenoxy) is 4. The van der Waals surface area contributed by atoms with Gasteiger partial charge < -0.3 is 29.2 Å². The van der Waals surface area contributed by atoms with Crippen molar-refractivity contribution < 1.29 is 34.0 Å². The summed E-state index contributed by atoms with van der Waals surface area (Å²) in [7, 11) is 0. The number of carbonyl (C=O) groups is 1. The van der Waals surface area contributed by atoms with E-state index in [4.69, 9.17) is 24.1 Å². The lowest BCUT2D eigenvalue weighted by atomic mass is 9.88. The van der Waals surface area contributed by atoms with Gasteiger partial charge in [-0.3, -0.25) is 0 Å². The normalized spacial score (nSPS) is 36.2. The van der Waals surface area contributed by atoms with Crippen molar-refractivity contribution >= 4 is 5.97 Å². The van der Waals surface area contributed by atoms with Crippen LogP contribution in [0.3, 0.4) is 0 Å². The summed E-state index contributed by atoms with van der Waals surface area (Å²) in [4.78, 5) is 10.8. The van der Waals surface area contributed by atoms with Crippen molar-refractivity contribution in [2.75, 3.05) is 13.2 Å². The Bertz CT molecular complexity index is 827. The Kier molecular flexibility index (Phi) is 13.2. The minimum atomic E-state index is -0.933. The van der Waals surface area contributed by atoms with Crippen LogP contribution in [0.15, 0.2) is 36.5 Å². The van der Waals surface area contributed by atoms with Crippen molar-refractivity contribution in [2.24, 2.45) is 23.7 Å². The Labute approximate surface area is 241 Å². The van der Waals surface area contributed by atoms with E-state index in [-0.39, 0.29) is 36.6 Å². The Morgan fingerprint density at radius 3 is 2.45 bits per heavy atom. The fourth-order valence-electron chi connectivity index (χ4n) is 7.08. The van der Waals surface area contributed by atoms with Crippen molar-refractivity contribution in [3.63, 3.8) is 0 Å². The minimum Gasteiger partial charge on any atom is -0.478 e. The number of hydrogen-bond acceptors (Lipinski definition) is 6. The molecule has 2 aliphatic heterocycles. The zero-order valence-electron chi connectivity index (χ0n) is 24.4. The predicted octanol–water partition coefficient (Wildman–Crippen LogP) is 6.56. The zero-order valence-corrected chi connectivity index (χ0v) is 24.4. The van der Waals surface area contributed by atoms with Crippen LogP contribution >= 0.6 is 0 Å². The number of aliphatic hydroxyl groups excluding tert-OH is 1. The van der Waals surface area contributed by atoms with Gasteiger partial charge in [0.2, 0.25) is 0 Å². The first kappa shape index (κ1) is 31.4. The van der Waals surface area contributed by atoms with Crippen LogP contribution in [0, 0.1) is 23.7 Å². The first-order chi connectivity index (χ1) is 19.5. The second kappa shape index (κ2) is 16.8. The molecule has 0 aromatic carbocycles. The van der Waals surface area contributed by atoms with Gasteiger partial charge in [0, 0.05) is 31.6 Å². The van der Waals surface area contributed by atoms with E-state index in [0.29, 0.717) is 18.8 Å². The van der Waals surface area contributed by atoms with Gasteiger partial charge in [0.25, 0.3) is 0 Å². The van der Waals surface area contributed by atoms with Gasteiger partial charge in [-0.2, -0.15) is 0 Å². The number of carboxylic acids is 1. The standard InChI is InChI=1S/C33H52O7/c1-2-11-24-16-17-25(22-24)29(39-32-14-7-9-20-37-32)19-18-26-27(12-5-3-4-6-13-31(35)36)30(23-28(26)34)40-33-15-8-10-21-38-33/h3,5-6,13,18-19,24-30,32-34H,2,4,7-12,14-17,20-23H2,1H3,(H,35,36)/b5-3-,13-6+,19-18+/t24?,25?,26-,27-,28-,29-,30+,32?,33?/m1/s1. The summed E-state index contributed by atoms with van der Waals surface area (Å²) in [6.45, 7) is 3.77. The third-order valence-corrected chi connectivity index (χ3v) is 9.18. The average molecular weight is 561 g/mol. The van der Waals surface area contributed by atoms with Gasteiger partial charge in [0.05, 0.1) is 18.3 Å². The van der Waals surface area contributed by atoms with Gasteiger partial charge in [-0.1, -0.05) is 56.6 Å². The van der Waals surface area contributed by atoms with Crippen molar-refractivity contribution in [3.05, 3.63) is 36.5 Å². The summed E-state index contributed by atoms with van der Waals surface area (Å²) in [5.41, 5.74) is 0. The maximum atomic E-state index is 11.2. The quantitative estimate of drug-likeness (QED) is 0.184. The Balaban J connectivity index is 1.46. The van der Waals surface area contributed by atoms with Gasteiger partial charge in [0.15, 0.2) is 12.6 Å². The molecule has 4 fully saturated rings. The van der Waals surface area contributed by atoms with Crippen LogP contribution in [0.1, 0.15) is 96.8 Å². The largest absolute Gasteiger partial charge is 0.478 e. The van der Waals surface area contributed by atoms with Gasteiger partial charge in [-0.05, 0) is 82.0 Å². The molecule has 2 heterocycles. The topological polar surface area (TPSA) is 94.5 Å². The summed E-state index contributed by atoms with van der Waals surface area (Å²) in [5, 5.41) is 20.1. The number of rotatable bonds is 14. The maximum Gasteiger partial charge on any atom is 0.327 e. The molecule has 2 saturated heterocycles. The Morgan fingerprint density at radius 2 is 1.75 bits per heavy atom. The molecule has 2 aliphatic carbocycles. The molecular formula is C33H52O7. The third kappa shape index (κ3) is 9.80. The molecule has 0 aromatic rings. The van der Waals surface area contributed by atoms with Gasteiger partial charge in [-0.25, -0.2) is 4.79 Å². The van der Waals surface area contributed by atoms with Gasteiger partial charge in [0.1, 0.15) is 0 Å². The number of aliphatic hydroxyl groups is 1. The molecule has 40 heavy (non-hydrogen) atoms. The third-order valence-electron chi connectivity index (χ3n) is 9.18. The van der Waals surface area contributed by atoms with Crippen molar-refractivity contribution in [1.29, 1.82) is 0 Å². The van der Waals surface area contributed by atoms with Crippen molar-refractivity contribution in [2.45, 2.75) is 128 Å². The van der Waals surface area contributed by atoms with Crippen LogP contribution in [0.5, 0.6) is 0 Å². The van der Waals surface area contributed by atoms with E-state index in [1.54, 1.807) is 6.08 Å². The summed E-state index contributed by atoms with van der Waals surface area (Å²) < 4.78 is 24.9. The first-order valence-corrected chi connectivity index (χ1v) is 16.0. The Hall–Kier alpha value is -1.51. The molecule has 2 N–H and O–H groups in total. The Morgan fingerprint density at radius 1 is 0.975 bits per heavy atom. The molecule has 0 amide bonds. The second-order valence-corrected chi connectivity index (χ2v) is 12.2. The highest BCUT2D eigenvalue weighted by atomic mass is 16.7. The fourth-order valence-corrected chi connectivity index (χ4v) is 7.08. The summed E-state index contributed by atoms with van der Waals surface area (Å²) in [6, 6.07) is 0. The molecule has 0 spiro atoms. The van der Waals surface area contributed by atoms with Crippen LogP contribution in [0.4, 0.5) is 0 Å². The van der Waals surface area contributed by atoms with E-state index in [9.17, 15) is 9.90 Å². The molecule has 7 nitrogen and oxygen atoms in total. The van der Waals surface area contributed by atoms with Crippen LogP contribution in [0.25, 0.3) is 0 Å². The molecule has 4 aliphatic rings. The lowest BCUT2D eigenvalue weighted by molar-refractivity contribution is -0.195. The predicted molar refractivity (Wildman–Crippen MR) is 155 cm³/mol. The summed E-state index contributed by atoms with van der Waals surface area (Å²) in [6.07, 6.45) is 24.8. The van der Waals surface area contributed by atoms with E-state index in [1.807, 2.05) is 6.08 Å². The fraction of sp³-hybridized carbons (Fsp3) is 0.788. The molecule has 7 heteroatoms. The number of allylic oxidation sites excluding steroid dienone is 3. The summed E-state index contributed by atoms with van der Waals surface area (Å²) >= 11 is 0. The SMILES string of the molecule is CCCC1CCC([C@@H](/C=C/[C@@H]2[C@@H](C/C=C\C/C=C/C(=O)O)[C@@H](OC3CCCCO3)C[C@H]2O)OC2CCCCO2)C1. The zero-order chi connectivity index (χ0) is 28.2. The molecule has 4 rings (SSSR count). The maximum absolute atomic E-state index is 11.2. The number of carboxylic acid groups (broad SMARTS) is 1. The average Bonchev–Trinajstić information content (AvgIpc) is 3.53. The lowest BCUT2D eigenvalue weighted by Crippen LogP contribution is -2.32. The molecule has 226 valence electrons. The summed E-state index contributed by atoms with van der Waals surface area (Å²) in [5.74, 6) is 0.398. The number of hydrogen-bond donors (Lipinski definition) is 2. The number of aliphatic carboxylic acids is 1. The van der Waals surface area contributed by atoms with E-state index in [2.05, 4.69) is 25.2 Å². The van der Waals surface area contributed by atoms with Crippen molar-refractivity contribution in [3.8, 4) is 0 Å². The van der Waals surface area contributed by atoms with Crippen LogP contribution < -0.4 is 0 Å². The van der Waals surface area contributed by atoms with E-state index < -0.39 is 12.1 Å². The molecule has 2 saturated carbocycles. The van der Waals surface area contributed by atoms with E-state index in [1.165, 1.54) is 38.2 Å². The second-order valence-electron chi connectivity index (χ2n) is 12.2. The highest BCUT2D eigenvalue weighted by Gasteiger charge is 2.43. The molecular weight excluding hydrogens is 508 g/mol. The lowest BCUT2D eigenvalue weighted by Gasteiger charge is -2.31. The molecule has 4 unspecified atom stereocenters.